The number of carboxylic acids is 1. The number of benzene rings is 1. The second-order valence-corrected chi connectivity index (χ2v) is 4.18. The van der Waals surface area contributed by atoms with Crippen molar-refractivity contribution in [3.63, 3.8) is 0 Å². The molecule has 1 amide bonds. The first-order valence-corrected chi connectivity index (χ1v) is 5.56. The van der Waals surface area contributed by atoms with Gasteiger partial charge in [-0.2, -0.15) is 8.78 Å². The van der Waals surface area contributed by atoms with Crippen LogP contribution in [0.2, 0.25) is 0 Å². The smallest absolute Gasteiger partial charge is 0.387 e. The third-order valence-electron chi connectivity index (χ3n) is 2.77. The van der Waals surface area contributed by atoms with Gasteiger partial charge in [0, 0.05) is 11.8 Å². The lowest BCUT2D eigenvalue weighted by Gasteiger charge is -2.08. The number of hydrogen-bond acceptors (Lipinski definition) is 3. The number of rotatable bonds is 5. The molecule has 2 atom stereocenters. The number of carboxylic acid groups (broad SMARTS) is 1. The van der Waals surface area contributed by atoms with E-state index in [1.54, 1.807) is 0 Å². The van der Waals surface area contributed by atoms with Crippen molar-refractivity contribution >= 4 is 17.6 Å². The van der Waals surface area contributed by atoms with Crippen LogP contribution >= 0.6 is 0 Å². The fraction of sp³-hybridized carbons (Fsp3) is 0.333. The van der Waals surface area contributed by atoms with Crippen LogP contribution in [0.25, 0.3) is 0 Å². The summed E-state index contributed by atoms with van der Waals surface area (Å²) in [6.07, 6.45) is 0.300. The van der Waals surface area contributed by atoms with E-state index in [0.717, 1.165) is 0 Å². The van der Waals surface area contributed by atoms with E-state index in [-0.39, 0.29) is 5.75 Å². The number of aliphatic carboxylic acids is 1. The summed E-state index contributed by atoms with van der Waals surface area (Å²) < 4.78 is 28.2. The molecule has 2 N–H and O–H groups in total. The molecule has 1 aromatic carbocycles. The Labute approximate surface area is 107 Å². The van der Waals surface area contributed by atoms with Crippen LogP contribution in [0.15, 0.2) is 24.3 Å². The van der Waals surface area contributed by atoms with Crippen molar-refractivity contribution in [2.75, 3.05) is 5.32 Å². The molecular weight excluding hydrogens is 260 g/mol. The topological polar surface area (TPSA) is 75.6 Å². The second-order valence-electron chi connectivity index (χ2n) is 4.18. The Balaban J connectivity index is 1.96. The van der Waals surface area contributed by atoms with E-state index in [1.807, 2.05) is 0 Å². The SMILES string of the molecule is O=C(O)C1CC1C(=O)Nc1cccc(OC(F)F)c1. The van der Waals surface area contributed by atoms with Gasteiger partial charge in [-0.05, 0) is 18.6 Å². The van der Waals surface area contributed by atoms with E-state index in [0.29, 0.717) is 12.1 Å². The fourth-order valence-electron chi connectivity index (χ4n) is 1.74. The Hall–Kier alpha value is -2.18. The maximum atomic E-state index is 12.0. The third kappa shape index (κ3) is 3.40. The normalized spacial score (nSPS) is 21.0. The van der Waals surface area contributed by atoms with Gasteiger partial charge in [-0.25, -0.2) is 0 Å². The number of halogens is 2. The Kier molecular flexibility index (Phi) is 3.64. The van der Waals surface area contributed by atoms with E-state index < -0.39 is 30.3 Å². The van der Waals surface area contributed by atoms with Crippen LogP contribution in [0, 0.1) is 11.8 Å². The highest BCUT2D eigenvalue weighted by Gasteiger charge is 2.48. The zero-order chi connectivity index (χ0) is 14.0. The Morgan fingerprint density at radius 3 is 2.68 bits per heavy atom. The van der Waals surface area contributed by atoms with E-state index in [9.17, 15) is 18.4 Å². The molecular formula is C12H11F2NO4. The first-order chi connectivity index (χ1) is 8.97. The van der Waals surface area contributed by atoms with Crippen molar-refractivity contribution in [2.24, 2.45) is 11.8 Å². The molecule has 0 aliphatic heterocycles. The highest BCUT2D eigenvalue weighted by atomic mass is 19.3. The summed E-state index contributed by atoms with van der Waals surface area (Å²) >= 11 is 0. The van der Waals surface area contributed by atoms with E-state index in [1.165, 1.54) is 24.3 Å². The maximum absolute atomic E-state index is 12.0. The second kappa shape index (κ2) is 5.21. The average molecular weight is 271 g/mol. The Bertz CT molecular complexity index is 506. The molecule has 2 unspecified atom stereocenters. The summed E-state index contributed by atoms with van der Waals surface area (Å²) in [5, 5.41) is 11.2. The largest absolute Gasteiger partial charge is 0.481 e. The minimum atomic E-state index is -2.94. The third-order valence-corrected chi connectivity index (χ3v) is 2.77. The lowest BCUT2D eigenvalue weighted by molar-refractivity contribution is -0.139. The zero-order valence-electron chi connectivity index (χ0n) is 9.68. The summed E-state index contributed by atoms with van der Waals surface area (Å²) in [5.41, 5.74) is 0.291. The highest BCUT2D eigenvalue weighted by molar-refractivity contribution is 5.98. The molecule has 1 saturated carbocycles. The summed E-state index contributed by atoms with van der Waals surface area (Å²) in [6.45, 7) is -2.94. The van der Waals surface area contributed by atoms with Crippen LogP contribution in [0.1, 0.15) is 6.42 Å². The van der Waals surface area contributed by atoms with Crippen molar-refractivity contribution in [2.45, 2.75) is 13.0 Å². The number of hydrogen-bond donors (Lipinski definition) is 2. The molecule has 0 spiro atoms. The molecule has 0 radical (unpaired) electrons. The summed E-state index contributed by atoms with van der Waals surface area (Å²) in [5.74, 6) is -2.72. The van der Waals surface area contributed by atoms with Gasteiger partial charge in [-0.1, -0.05) is 6.07 Å². The number of ether oxygens (including phenoxy) is 1. The molecule has 19 heavy (non-hydrogen) atoms. The molecule has 102 valence electrons. The number of carbonyl (C=O) groups is 2. The highest BCUT2D eigenvalue weighted by Crippen LogP contribution is 2.39. The van der Waals surface area contributed by atoms with Crippen LogP contribution in [0.4, 0.5) is 14.5 Å². The van der Waals surface area contributed by atoms with Crippen molar-refractivity contribution in [1.29, 1.82) is 0 Å². The van der Waals surface area contributed by atoms with Crippen LogP contribution < -0.4 is 10.1 Å². The molecule has 1 aliphatic carbocycles. The molecule has 2 rings (SSSR count). The van der Waals surface area contributed by atoms with Crippen molar-refractivity contribution in [3.8, 4) is 5.75 Å². The van der Waals surface area contributed by atoms with Crippen LogP contribution in [-0.2, 0) is 9.59 Å². The van der Waals surface area contributed by atoms with Crippen LogP contribution in [-0.4, -0.2) is 23.6 Å². The van der Waals surface area contributed by atoms with Gasteiger partial charge in [0.2, 0.25) is 5.91 Å². The number of alkyl halides is 2. The minimum Gasteiger partial charge on any atom is -0.481 e. The first-order valence-electron chi connectivity index (χ1n) is 5.56. The Morgan fingerprint density at radius 1 is 1.37 bits per heavy atom. The monoisotopic (exact) mass is 271 g/mol. The number of anilines is 1. The quantitative estimate of drug-likeness (QED) is 0.858. The molecule has 1 aliphatic rings. The van der Waals surface area contributed by atoms with Crippen LogP contribution in [0.5, 0.6) is 5.75 Å². The summed E-state index contributed by atoms with van der Waals surface area (Å²) in [6, 6.07) is 5.55. The van der Waals surface area contributed by atoms with Gasteiger partial charge in [0.15, 0.2) is 0 Å². The Morgan fingerprint density at radius 2 is 2.11 bits per heavy atom. The molecule has 0 saturated heterocycles. The van der Waals surface area contributed by atoms with Crippen molar-refractivity contribution in [3.05, 3.63) is 24.3 Å². The number of amides is 1. The van der Waals surface area contributed by atoms with Gasteiger partial charge in [-0.3, -0.25) is 9.59 Å². The lowest BCUT2D eigenvalue weighted by atomic mass is 10.2. The first kappa shape index (κ1) is 13.3. The minimum absolute atomic E-state index is 0.0709. The molecule has 7 heteroatoms. The number of nitrogens with one attached hydrogen (secondary N) is 1. The van der Waals surface area contributed by atoms with E-state index >= 15 is 0 Å². The standard InChI is InChI=1S/C12H11F2NO4/c13-12(14)19-7-3-1-2-6(4-7)15-10(16)8-5-9(8)11(17)18/h1-4,8-9,12H,5H2,(H,15,16)(H,17,18). The fourth-order valence-corrected chi connectivity index (χ4v) is 1.74. The lowest BCUT2D eigenvalue weighted by Crippen LogP contribution is -2.16. The van der Waals surface area contributed by atoms with Gasteiger partial charge in [0.25, 0.3) is 0 Å². The molecule has 0 bridgehead atoms. The van der Waals surface area contributed by atoms with Gasteiger partial charge >= 0.3 is 12.6 Å². The maximum Gasteiger partial charge on any atom is 0.387 e. The molecule has 1 fully saturated rings. The van der Waals surface area contributed by atoms with Crippen molar-refractivity contribution < 1.29 is 28.2 Å². The van der Waals surface area contributed by atoms with Gasteiger partial charge < -0.3 is 15.2 Å². The average Bonchev–Trinajstić information content (AvgIpc) is 3.08. The number of carbonyl (C=O) groups excluding carboxylic acids is 1. The van der Waals surface area contributed by atoms with Gasteiger partial charge in [-0.15, -0.1) is 0 Å². The summed E-state index contributed by atoms with van der Waals surface area (Å²) in [4.78, 5) is 22.3. The zero-order valence-corrected chi connectivity index (χ0v) is 9.68. The van der Waals surface area contributed by atoms with Gasteiger partial charge in [0.1, 0.15) is 5.75 Å². The predicted octanol–water partition coefficient (Wildman–Crippen LogP) is 1.95. The van der Waals surface area contributed by atoms with E-state index in [4.69, 9.17) is 5.11 Å². The van der Waals surface area contributed by atoms with Crippen LogP contribution in [0.3, 0.4) is 0 Å². The predicted molar refractivity (Wildman–Crippen MR) is 60.9 cm³/mol. The molecule has 1 aromatic rings. The summed E-state index contributed by atoms with van der Waals surface area (Å²) in [7, 11) is 0. The molecule has 0 heterocycles. The van der Waals surface area contributed by atoms with Crippen molar-refractivity contribution in [1.82, 2.24) is 0 Å². The molecule has 5 nitrogen and oxygen atoms in total. The van der Waals surface area contributed by atoms with Gasteiger partial charge in [0.05, 0.1) is 11.8 Å². The molecule has 0 aromatic heterocycles. The van der Waals surface area contributed by atoms with E-state index in [2.05, 4.69) is 10.1 Å².